The van der Waals surface area contributed by atoms with Crippen LogP contribution in [0.2, 0.25) is 0 Å². The first kappa shape index (κ1) is 25.0. The second-order valence-corrected chi connectivity index (χ2v) is 10.2. The minimum atomic E-state index is -0.951. The molecule has 3 aliphatic rings. The summed E-state index contributed by atoms with van der Waals surface area (Å²) in [4.78, 5) is 56.4. The summed E-state index contributed by atoms with van der Waals surface area (Å²) < 4.78 is 5.91. The molecule has 0 saturated carbocycles. The van der Waals surface area contributed by atoms with E-state index in [4.69, 9.17) is 4.74 Å². The van der Waals surface area contributed by atoms with Crippen LogP contribution >= 0.6 is 0 Å². The molecule has 9 nitrogen and oxygen atoms in total. The van der Waals surface area contributed by atoms with Crippen LogP contribution in [0.25, 0.3) is 0 Å². The van der Waals surface area contributed by atoms with E-state index in [0.29, 0.717) is 24.5 Å². The lowest BCUT2D eigenvalue weighted by Crippen LogP contribution is -2.57. The van der Waals surface area contributed by atoms with Crippen LogP contribution in [0.5, 0.6) is 5.75 Å². The van der Waals surface area contributed by atoms with Gasteiger partial charge in [-0.25, -0.2) is 4.79 Å². The van der Waals surface area contributed by atoms with Crippen LogP contribution in [-0.2, 0) is 9.59 Å². The average Bonchev–Trinajstić information content (AvgIpc) is 3.04. The fraction of sp³-hybridized carbons (Fsp3) is 0.615. The first-order valence-corrected chi connectivity index (χ1v) is 12.6. The van der Waals surface area contributed by atoms with Crippen molar-refractivity contribution in [3.8, 4) is 5.75 Å². The third-order valence-corrected chi connectivity index (χ3v) is 7.39. The summed E-state index contributed by atoms with van der Waals surface area (Å²) >= 11 is 0. The van der Waals surface area contributed by atoms with Gasteiger partial charge in [-0.1, -0.05) is 18.6 Å². The lowest BCUT2D eigenvalue weighted by atomic mass is 9.89. The predicted molar refractivity (Wildman–Crippen MR) is 130 cm³/mol. The molecule has 4 rings (SSSR count). The molecule has 2 atom stereocenters. The van der Waals surface area contributed by atoms with Crippen LogP contribution in [-0.4, -0.2) is 82.8 Å². The fourth-order valence-corrected chi connectivity index (χ4v) is 5.44. The number of carbonyl (C=O) groups is 4. The van der Waals surface area contributed by atoms with Gasteiger partial charge in [0, 0.05) is 26.6 Å². The second kappa shape index (κ2) is 10.3. The predicted octanol–water partition coefficient (Wildman–Crippen LogP) is 2.79. The van der Waals surface area contributed by atoms with Crippen LogP contribution < -0.4 is 10.1 Å². The van der Waals surface area contributed by atoms with Crippen LogP contribution in [0, 0.1) is 0 Å². The highest BCUT2D eigenvalue weighted by Gasteiger charge is 2.45. The van der Waals surface area contributed by atoms with Crippen molar-refractivity contribution < 1.29 is 23.9 Å². The van der Waals surface area contributed by atoms with E-state index in [1.54, 1.807) is 24.8 Å². The van der Waals surface area contributed by atoms with E-state index < -0.39 is 11.6 Å². The van der Waals surface area contributed by atoms with Crippen molar-refractivity contribution in [2.24, 2.45) is 0 Å². The number of piperidine rings is 1. The summed E-state index contributed by atoms with van der Waals surface area (Å²) in [5.41, 5.74) is -0.411. The van der Waals surface area contributed by atoms with Crippen LogP contribution in [0.3, 0.4) is 0 Å². The van der Waals surface area contributed by atoms with Crippen LogP contribution in [0.15, 0.2) is 24.3 Å². The van der Waals surface area contributed by atoms with Gasteiger partial charge in [0.2, 0.25) is 5.91 Å². The number of benzene rings is 1. The fourth-order valence-electron chi connectivity index (χ4n) is 5.44. The lowest BCUT2D eigenvalue weighted by Gasteiger charge is -2.45. The molecule has 0 aromatic heterocycles. The Kier molecular flexibility index (Phi) is 7.33. The Balaban J connectivity index is 1.51. The molecule has 2 fully saturated rings. The summed E-state index contributed by atoms with van der Waals surface area (Å²) in [6, 6.07) is 6.67. The molecule has 1 aromatic carbocycles. The Morgan fingerprint density at radius 2 is 1.80 bits per heavy atom. The Morgan fingerprint density at radius 1 is 1.06 bits per heavy atom. The molecule has 190 valence electrons. The van der Waals surface area contributed by atoms with Gasteiger partial charge in [0.25, 0.3) is 11.8 Å². The van der Waals surface area contributed by atoms with Crippen molar-refractivity contribution >= 4 is 23.8 Å². The van der Waals surface area contributed by atoms with Crippen molar-refractivity contribution in [2.45, 2.75) is 76.4 Å². The van der Waals surface area contributed by atoms with E-state index in [1.807, 2.05) is 30.1 Å². The highest BCUT2D eigenvalue weighted by Crippen LogP contribution is 2.30. The molecule has 5 amide bonds. The highest BCUT2D eigenvalue weighted by molar-refractivity contribution is 6.06. The molecule has 9 heteroatoms. The summed E-state index contributed by atoms with van der Waals surface area (Å²) in [6.45, 7) is 4.54. The topological polar surface area (TPSA) is 99.3 Å². The largest absolute Gasteiger partial charge is 0.493 e. The molecule has 0 aliphatic carbocycles. The SMILES string of the molecule is CN1C(=O)c2ccccc2OCCCCC[C@H]2[C@@H]1CCCN2C(=O)CCN1C(=O)NC(C)(C)C1=O. The number of urea groups is 1. The standard InChI is InChI=1S/C26H36N4O5/c1-26(2)24(33)30(25(34)27-26)16-14-22(31)29-15-9-12-19-20(29)11-5-4-8-17-35-21-13-7-6-10-18(21)23(32)28(19)3/h6-7,10,13,19-20H,4-5,8-9,11-12,14-17H2,1-3H3,(H,27,34)/t19-,20-/m0/s1. The number of nitrogens with zero attached hydrogens (tertiary/aromatic N) is 3. The molecular weight excluding hydrogens is 448 g/mol. The van der Waals surface area contributed by atoms with E-state index in [9.17, 15) is 19.2 Å². The third kappa shape index (κ3) is 5.13. The molecule has 2 saturated heterocycles. The number of carbonyl (C=O) groups excluding carboxylic acids is 4. The van der Waals surface area contributed by atoms with Gasteiger partial charge in [0.1, 0.15) is 11.3 Å². The number of nitrogens with one attached hydrogen (secondary N) is 1. The molecule has 0 unspecified atom stereocenters. The Morgan fingerprint density at radius 3 is 2.54 bits per heavy atom. The van der Waals surface area contributed by atoms with E-state index >= 15 is 0 Å². The zero-order valence-electron chi connectivity index (χ0n) is 20.9. The molecule has 1 N–H and O–H groups in total. The number of imide groups is 1. The number of fused-ring (bicyclic) bond motifs is 2. The van der Waals surface area contributed by atoms with E-state index in [2.05, 4.69) is 5.32 Å². The molecule has 0 bridgehead atoms. The third-order valence-electron chi connectivity index (χ3n) is 7.39. The smallest absolute Gasteiger partial charge is 0.325 e. The zero-order valence-corrected chi connectivity index (χ0v) is 20.9. The van der Waals surface area contributed by atoms with Gasteiger partial charge in [0.15, 0.2) is 0 Å². The maximum Gasteiger partial charge on any atom is 0.325 e. The van der Waals surface area contributed by atoms with Crippen LogP contribution in [0.4, 0.5) is 4.79 Å². The average molecular weight is 485 g/mol. The lowest BCUT2D eigenvalue weighted by molar-refractivity contribution is -0.137. The highest BCUT2D eigenvalue weighted by atomic mass is 16.5. The normalized spacial score (nSPS) is 25.1. The molecule has 1 aromatic rings. The van der Waals surface area contributed by atoms with Gasteiger partial charge in [-0.3, -0.25) is 19.3 Å². The van der Waals surface area contributed by atoms with Gasteiger partial charge in [0.05, 0.1) is 24.3 Å². The van der Waals surface area contributed by atoms with Gasteiger partial charge >= 0.3 is 6.03 Å². The minimum Gasteiger partial charge on any atom is -0.493 e. The number of para-hydroxylation sites is 1. The second-order valence-electron chi connectivity index (χ2n) is 10.2. The number of rotatable bonds is 3. The van der Waals surface area contributed by atoms with Crippen molar-refractivity contribution in [3.05, 3.63) is 29.8 Å². The molecular formula is C26H36N4O5. The van der Waals surface area contributed by atoms with Gasteiger partial charge < -0.3 is 19.9 Å². The van der Waals surface area contributed by atoms with Gasteiger partial charge in [-0.2, -0.15) is 0 Å². The first-order valence-electron chi connectivity index (χ1n) is 12.6. The molecule has 0 radical (unpaired) electrons. The van der Waals surface area contributed by atoms with Gasteiger partial charge in [-0.15, -0.1) is 0 Å². The van der Waals surface area contributed by atoms with Gasteiger partial charge in [-0.05, 0) is 58.1 Å². The molecule has 35 heavy (non-hydrogen) atoms. The van der Waals surface area contributed by atoms with E-state index in [1.165, 1.54) is 0 Å². The summed E-state index contributed by atoms with van der Waals surface area (Å²) in [7, 11) is 1.81. The number of hydrogen-bond acceptors (Lipinski definition) is 5. The van der Waals surface area contributed by atoms with Crippen molar-refractivity contribution in [1.29, 1.82) is 0 Å². The maximum absolute atomic E-state index is 13.5. The Labute approximate surface area is 206 Å². The minimum absolute atomic E-state index is 0.0559. The first-order chi connectivity index (χ1) is 16.7. The monoisotopic (exact) mass is 484 g/mol. The molecule has 3 aliphatic heterocycles. The van der Waals surface area contributed by atoms with Crippen LogP contribution in [0.1, 0.15) is 69.2 Å². The van der Waals surface area contributed by atoms with Crippen molar-refractivity contribution in [3.63, 3.8) is 0 Å². The summed E-state index contributed by atoms with van der Waals surface area (Å²) in [5.74, 6) is 0.0967. The van der Waals surface area contributed by atoms with Crippen molar-refractivity contribution in [1.82, 2.24) is 20.0 Å². The Hall–Kier alpha value is -3.10. The summed E-state index contributed by atoms with van der Waals surface area (Å²) in [6.07, 6.45) is 5.27. The maximum atomic E-state index is 13.5. The molecule has 0 spiro atoms. The number of likely N-dealkylation sites (tertiary alicyclic amines) is 1. The van der Waals surface area contributed by atoms with E-state index in [0.717, 1.165) is 43.4 Å². The number of hydrogen-bond donors (Lipinski definition) is 1. The summed E-state index contributed by atoms with van der Waals surface area (Å²) in [5, 5.41) is 2.66. The number of likely N-dealkylation sites (N-methyl/N-ethyl adjacent to an activating group) is 1. The number of ether oxygens (including phenoxy) is 1. The quantitative estimate of drug-likeness (QED) is 0.665. The van der Waals surface area contributed by atoms with E-state index in [-0.39, 0.29) is 42.8 Å². The Bertz CT molecular complexity index is 994. The zero-order chi connectivity index (χ0) is 25.2. The number of amides is 5. The molecule has 3 heterocycles. The van der Waals surface area contributed by atoms with Crippen molar-refractivity contribution in [2.75, 3.05) is 26.7 Å².